The molecule has 5 heteroatoms. The van der Waals surface area contributed by atoms with Crippen LogP contribution in [-0.4, -0.2) is 9.78 Å². The van der Waals surface area contributed by atoms with E-state index in [1.54, 1.807) is 23.0 Å². The van der Waals surface area contributed by atoms with Crippen molar-refractivity contribution in [2.24, 2.45) is 5.73 Å². The van der Waals surface area contributed by atoms with E-state index in [-0.39, 0.29) is 16.6 Å². The molecule has 1 aliphatic carbocycles. The van der Waals surface area contributed by atoms with Gasteiger partial charge in [0.15, 0.2) is 0 Å². The van der Waals surface area contributed by atoms with Crippen LogP contribution in [0.1, 0.15) is 38.2 Å². The molecule has 0 unspecified atom stereocenters. The zero-order valence-electron chi connectivity index (χ0n) is 12.6. The first-order valence-corrected chi connectivity index (χ1v) is 7.91. The molecule has 1 saturated carbocycles. The third-order valence-electron chi connectivity index (χ3n) is 4.85. The second kappa shape index (κ2) is 5.52. The van der Waals surface area contributed by atoms with Crippen molar-refractivity contribution in [3.8, 4) is 0 Å². The molecule has 4 nitrogen and oxygen atoms in total. The maximum Gasteiger partial charge on any atom is 0.267 e. The summed E-state index contributed by atoms with van der Waals surface area (Å²) in [5.41, 5.74) is 6.96. The fraction of sp³-hybridized carbons (Fsp3) is 0.412. The van der Waals surface area contributed by atoms with Gasteiger partial charge < -0.3 is 5.73 Å². The summed E-state index contributed by atoms with van der Waals surface area (Å²) < 4.78 is 1.60. The van der Waals surface area contributed by atoms with Crippen molar-refractivity contribution in [1.29, 1.82) is 0 Å². The lowest BCUT2D eigenvalue weighted by Gasteiger charge is -2.43. The van der Waals surface area contributed by atoms with Gasteiger partial charge in [0.25, 0.3) is 5.56 Å². The van der Waals surface area contributed by atoms with Gasteiger partial charge in [0.05, 0.1) is 5.54 Å². The maximum absolute atomic E-state index is 12.1. The number of halogens is 1. The Bertz CT molecular complexity index is 732. The Morgan fingerprint density at radius 1 is 1.18 bits per heavy atom. The number of hydrogen-bond donors (Lipinski definition) is 1. The van der Waals surface area contributed by atoms with Crippen LogP contribution < -0.4 is 11.3 Å². The minimum atomic E-state index is -0.386. The van der Waals surface area contributed by atoms with Crippen molar-refractivity contribution in [3.05, 3.63) is 63.5 Å². The highest BCUT2D eigenvalue weighted by atomic mass is 35.5. The van der Waals surface area contributed by atoms with Crippen LogP contribution in [0.4, 0.5) is 0 Å². The maximum atomic E-state index is 12.1. The Hall–Kier alpha value is -1.65. The van der Waals surface area contributed by atoms with E-state index in [0.29, 0.717) is 5.02 Å². The van der Waals surface area contributed by atoms with Crippen LogP contribution in [-0.2, 0) is 11.1 Å². The van der Waals surface area contributed by atoms with Crippen LogP contribution in [0.25, 0.3) is 0 Å². The van der Waals surface area contributed by atoms with E-state index in [4.69, 9.17) is 17.3 Å². The van der Waals surface area contributed by atoms with Crippen molar-refractivity contribution in [2.75, 3.05) is 0 Å². The van der Waals surface area contributed by atoms with E-state index in [1.807, 2.05) is 24.3 Å². The van der Waals surface area contributed by atoms with Gasteiger partial charge >= 0.3 is 0 Å². The molecule has 2 N–H and O–H groups in total. The monoisotopic (exact) mass is 317 g/mol. The number of nitrogens with zero attached hydrogens (tertiary/aromatic N) is 2. The van der Waals surface area contributed by atoms with E-state index < -0.39 is 0 Å². The summed E-state index contributed by atoms with van der Waals surface area (Å²) in [6.45, 7) is 2.08. The van der Waals surface area contributed by atoms with E-state index in [9.17, 15) is 4.79 Å². The highest BCUT2D eigenvalue weighted by Gasteiger charge is 2.41. The molecule has 1 aliphatic rings. The van der Waals surface area contributed by atoms with Gasteiger partial charge in [-0.05, 0) is 56.4 Å². The second-order valence-electron chi connectivity index (χ2n) is 6.44. The largest absolute Gasteiger partial charge is 0.321 e. The first-order chi connectivity index (χ1) is 10.4. The van der Waals surface area contributed by atoms with E-state index in [2.05, 4.69) is 12.0 Å². The Kier molecular flexibility index (Phi) is 3.83. The van der Waals surface area contributed by atoms with Gasteiger partial charge in [-0.2, -0.15) is 5.10 Å². The van der Waals surface area contributed by atoms with Crippen molar-refractivity contribution >= 4 is 11.6 Å². The number of rotatable bonds is 2. The van der Waals surface area contributed by atoms with Crippen LogP contribution in [0.15, 0.2) is 47.4 Å². The third-order valence-corrected chi connectivity index (χ3v) is 5.08. The van der Waals surface area contributed by atoms with Crippen LogP contribution >= 0.6 is 11.6 Å². The Morgan fingerprint density at radius 3 is 2.55 bits per heavy atom. The molecule has 0 atom stereocenters. The van der Waals surface area contributed by atoms with Crippen molar-refractivity contribution < 1.29 is 0 Å². The summed E-state index contributed by atoms with van der Waals surface area (Å²) in [5, 5.41) is 4.96. The van der Waals surface area contributed by atoms with Crippen molar-refractivity contribution in [1.82, 2.24) is 9.78 Å². The van der Waals surface area contributed by atoms with Gasteiger partial charge in [0, 0.05) is 22.8 Å². The highest BCUT2D eigenvalue weighted by molar-refractivity contribution is 6.30. The molecule has 2 aromatic rings. The lowest BCUT2D eigenvalue weighted by molar-refractivity contribution is 0.133. The number of aromatic nitrogens is 2. The van der Waals surface area contributed by atoms with Crippen molar-refractivity contribution in [3.63, 3.8) is 0 Å². The van der Waals surface area contributed by atoms with Gasteiger partial charge in [-0.3, -0.25) is 4.79 Å². The smallest absolute Gasteiger partial charge is 0.267 e. The van der Waals surface area contributed by atoms with Crippen LogP contribution in [0.2, 0.25) is 5.02 Å². The fourth-order valence-electron chi connectivity index (χ4n) is 3.30. The predicted octanol–water partition coefficient (Wildman–Crippen LogP) is 3.04. The van der Waals surface area contributed by atoms with E-state index >= 15 is 0 Å². The second-order valence-corrected chi connectivity index (χ2v) is 6.87. The number of nitrogens with two attached hydrogens (primary N) is 1. The Balaban J connectivity index is 1.86. The summed E-state index contributed by atoms with van der Waals surface area (Å²) in [7, 11) is 0. The van der Waals surface area contributed by atoms with Gasteiger partial charge in [-0.15, -0.1) is 0 Å². The molecule has 1 fully saturated rings. The third kappa shape index (κ3) is 2.69. The fourth-order valence-corrected chi connectivity index (χ4v) is 3.49. The first-order valence-electron chi connectivity index (χ1n) is 7.53. The SMILES string of the molecule is CC1(n2ncccc2=O)CCC(N)(c2cccc(Cl)c2)CC1. The molecule has 116 valence electrons. The topological polar surface area (TPSA) is 60.9 Å². The summed E-state index contributed by atoms with van der Waals surface area (Å²) in [6.07, 6.45) is 4.88. The lowest BCUT2D eigenvalue weighted by Crippen LogP contribution is -2.49. The zero-order valence-corrected chi connectivity index (χ0v) is 13.4. The quantitative estimate of drug-likeness (QED) is 0.926. The standard InChI is InChI=1S/C17H20ClN3O/c1-16(21-15(22)6-3-11-20-21)7-9-17(19,10-8-16)13-4-2-5-14(18)12-13/h2-6,11-12H,7-10,19H2,1H3. The van der Waals surface area contributed by atoms with E-state index in [1.165, 1.54) is 0 Å². The Morgan fingerprint density at radius 2 is 1.91 bits per heavy atom. The average Bonchev–Trinajstić information content (AvgIpc) is 2.51. The minimum absolute atomic E-state index is 0.0581. The van der Waals surface area contributed by atoms with Crippen LogP contribution in [0.5, 0.6) is 0 Å². The summed E-state index contributed by atoms with van der Waals surface area (Å²) >= 11 is 6.09. The number of benzene rings is 1. The van der Waals surface area contributed by atoms with Crippen LogP contribution in [0.3, 0.4) is 0 Å². The molecule has 1 heterocycles. The van der Waals surface area contributed by atoms with Gasteiger partial charge in [-0.25, -0.2) is 4.68 Å². The average molecular weight is 318 g/mol. The highest BCUT2D eigenvalue weighted by Crippen LogP contribution is 2.42. The van der Waals surface area contributed by atoms with Gasteiger partial charge in [0.2, 0.25) is 0 Å². The molecule has 0 radical (unpaired) electrons. The molecule has 22 heavy (non-hydrogen) atoms. The summed E-state index contributed by atoms with van der Waals surface area (Å²) in [4.78, 5) is 12.1. The predicted molar refractivity (Wildman–Crippen MR) is 87.9 cm³/mol. The summed E-state index contributed by atoms with van der Waals surface area (Å²) in [6, 6.07) is 11.0. The first kappa shape index (κ1) is 15.3. The molecule has 3 rings (SSSR count). The van der Waals surface area contributed by atoms with Crippen molar-refractivity contribution in [2.45, 2.75) is 43.7 Å². The molecule has 0 aliphatic heterocycles. The van der Waals surface area contributed by atoms with E-state index in [0.717, 1.165) is 31.2 Å². The molecule has 1 aromatic heterocycles. The summed E-state index contributed by atoms with van der Waals surface area (Å²) in [5.74, 6) is 0. The molecular weight excluding hydrogens is 298 g/mol. The molecule has 0 saturated heterocycles. The molecule has 0 bridgehead atoms. The van der Waals surface area contributed by atoms with Gasteiger partial charge in [0.1, 0.15) is 0 Å². The molecule has 0 spiro atoms. The lowest BCUT2D eigenvalue weighted by atomic mass is 9.70. The van der Waals surface area contributed by atoms with Gasteiger partial charge in [-0.1, -0.05) is 23.7 Å². The normalized spacial score (nSPS) is 28.5. The van der Waals surface area contributed by atoms with Crippen LogP contribution in [0, 0.1) is 0 Å². The molecular formula is C17H20ClN3O. The minimum Gasteiger partial charge on any atom is -0.321 e. The zero-order chi connectivity index (χ0) is 15.8. The number of hydrogen-bond acceptors (Lipinski definition) is 3. The molecule has 1 aromatic carbocycles. The Labute approximate surface area is 134 Å². The molecule has 0 amide bonds.